The lowest BCUT2D eigenvalue weighted by molar-refractivity contribution is 0.660. The van der Waals surface area contributed by atoms with Crippen molar-refractivity contribution in [3.8, 4) is 180 Å². The molecular weight excluding hydrogens is 1660 g/mol. The van der Waals surface area contributed by atoms with Crippen molar-refractivity contribution in [2.75, 3.05) is 0 Å². The maximum Gasteiger partial charge on any atom is 0.164 e. The smallest absolute Gasteiger partial charge is 0.164 e. The molecule has 0 N–H and O–H groups in total. The van der Waals surface area contributed by atoms with Gasteiger partial charge in [0.25, 0.3) is 0 Å². The third kappa shape index (κ3) is 14.6. The Hall–Kier alpha value is -17.8. The van der Waals surface area contributed by atoms with Crippen LogP contribution in [-0.4, -0.2) is 44.9 Å². The minimum absolute atomic E-state index is 0.0900. The maximum absolute atomic E-state index is 5.16. The Balaban J connectivity index is 0.000000113. The van der Waals surface area contributed by atoms with E-state index in [9.17, 15) is 0 Å². The van der Waals surface area contributed by atoms with Crippen molar-refractivity contribution in [1.29, 1.82) is 0 Å². The van der Waals surface area contributed by atoms with Crippen LogP contribution >= 0.6 is 0 Å². The molecule has 0 saturated heterocycles. The first-order chi connectivity index (χ1) is 67.6. The first-order valence-electron chi connectivity index (χ1n) is 46.6. The molecule has 0 atom stereocenters. The summed E-state index contributed by atoms with van der Waals surface area (Å²) < 4.78 is 0. The van der Waals surface area contributed by atoms with Crippen LogP contribution in [0.2, 0.25) is 0 Å². The number of hydrogen-bond donors (Lipinski definition) is 0. The van der Waals surface area contributed by atoms with Crippen LogP contribution < -0.4 is 0 Å². The van der Waals surface area contributed by atoms with Crippen LogP contribution in [0, 0.1) is 0 Å². The average Bonchev–Trinajstić information content (AvgIpc) is 1.56. The second kappa shape index (κ2) is 34.7. The first kappa shape index (κ1) is 82.4. The molecule has 0 unspecified atom stereocenters. The van der Waals surface area contributed by atoms with Gasteiger partial charge in [0, 0.05) is 55.5 Å². The number of benzene rings is 19. The van der Waals surface area contributed by atoms with Crippen LogP contribution in [0.5, 0.6) is 0 Å². The lowest BCUT2D eigenvalue weighted by Gasteiger charge is -2.34. The quantitative estimate of drug-likeness (QED) is 0.105. The molecule has 0 saturated carbocycles. The molecule has 0 radical (unpaired) electrons. The van der Waals surface area contributed by atoms with E-state index in [1.54, 1.807) is 0 Å². The molecular formula is C128H87N9. The first-order valence-corrected chi connectivity index (χ1v) is 46.6. The van der Waals surface area contributed by atoms with Gasteiger partial charge in [-0.2, -0.15) is 0 Å². The maximum atomic E-state index is 5.16. The highest BCUT2D eigenvalue weighted by Crippen LogP contribution is 2.64. The van der Waals surface area contributed by atoms with E-state index < -0.39 is 10.8 Å². The van der Waals surface area contributed by atoms with Crippen LogP contribution in [-0.2, 0) is 16.2 Å². The topological polar surface area (TPSA) is 116 Å². The van der Waals surface area contributed by atoms with E-state index in [2.05, 4.69) is 420 Å². The van der Waals surface area contributed by atoms with Crippen LogP contribution in [0.15, 0.2) is 491 Å². The normalized spacial score (nSPS) is 12.9. The molecule has 137 heavy (non-hydrogen) atoms. The van der Waals surface area contributed by atoms with Gasteiger partial charge < -0.3 is 0 Å². The van der Waals surface area contributed by atoms with E-state index in [4.69, 9.17) is 44.9 Å². The van der Waals surface area contributed by atoms with Gasteiger partial charge in [-0.1, -0.05) is 487 Å². The summed E-state index contributed by atoms with van der Waals surface area (Å²) in [5, 5.41) is 0. The highest BCUT2D eigenvalue weighted by atomic mass is 15.1. The predicted molar refractivity (Wildman–Crippen MR) is 556 cm³/mol. The molecule has 1 spiro atoms. The number of nitrogens with zero attached hydrogens (tertiary/aromatic N) is 9. The fraction of sp³-hybridized carbons (Fsp3) is 0.0391. The molecule has 22 aromatic rings. The van der Waals surface area contributed by atoms with Crippen molar-refractivity contribution in [1.82, 2.24) is 44.9 Å². The number of hydrogen-bond acceptors (Lipinski definition) is 9. The summed E-state index contributed by atoms with van der Waals surface area (Å²) in [6.45, 7) is 4.59. The van der Waals surface area contributed by atoms with Crippen molar-refractivity contribution in [2.45, 2.75) is 30.1 Å². The van der Waals surface area contributed by atoms with Crippen LogP contribution in [0.4, 0.5) is 0 Å². The molecule has 0 aliphatic heterocycles. The summed E-state index contributed by atoms with van der Waals surface area (Å²) >= 11 is 0. The standard InChI is InChI=1S/C46H29N3.C46H31N3.C36H27N3/c1-3-13-30(14-4-1)31-23-25-33(26-24-31)44-47-43(32-15-5-2-6-16-32)48-45(49-44)34-27-28-38-37-19-9-12-22-41(37)46(42(38)29-34)39-20-10-7-17-35(39)36-18-8-11-21-40(36)46;1-5-15-32(16-6-1)33-25-27-35(28-26-33)44-47-43(34-17-7-2-8-18-34)48-45(49-44)36-29-30-40-39-23-13-14-24-41(39)46(42(40)31-36,37-19-9-3-10-20-37)38-21-11-4-12-22-38;1-36(2)31-16-10-9-15-29(31)30-22-21-28(23-32(30)36)35-38-33(26-13-7-4-8-14-26)37-34(39-35)27-19-17-25(18-20-27)24-11-5-3-6-12-24/h1-29H;1-31H;3-23H,1-2H3. The highest BCUT2D eigenvalue weighted by molar-refractivity contribution is 5.97. The van der Waals surface area contributed by atoms with E-state index in [0.29, 0.717) is 52.4 Å². The van der Waals surface area contributed by atoms with Crippen molar-refractivity contribution >= 4 is 0 Å². The van der Waals surface area contributed by atoms with E-state index in [-0.39, 0.29) is 5.41 Å². The SMILES string of the molecule is CC1(C)c2ccccc2-c2ccc(-c3nc(-c4ccccc4)nc(-c4ccc(-c5ccccc5)cc4)n3)cc21.c1ccc(-c2ccc(-c3nc(-c4ccccc4)nc(-c4ccc5c(c4)C(c4ccccc4)(c4ccccc4)c4ccccc4-5)n3)cc2)cc1.c1ccc(-c2ccc(-c3nc(-c4ccccc4)nc(-c4ccc5c(c4)C4(c6ccccc6-c6ccccc64)c4ccccc4-5)n3)cc2)cc1. The summed E-state index contributed by atoms with van der Waals surface area (Å²) in [5.74, 6) is 5.92. The summed E-state index contributed by atoms with van der Waals surface area (Å²) in [6, 6.07) is 173. The Morgan fingerprint density at radius 2 is 0.292 bits per heavy atom. The molecule has 644 valence electrons. The van der Waals surface area contributed by atoms with Gasteiger partial charge in [-0.3, -0.25) is 0 Å². The van der Waals surface area contributed by atoms with Gasteiger partial charge >= 0.3 is 0 Å². The van der Waals surface area contributed by atoms with Crippen molar-refractivity contribution in [3.63, 3.8) is 0 Å². The number of rotatable bonds is 14. The second-order valence-electron chi connectivity index (χ2n) is 35.7. The predicted octanol–water partition coefficient (Wildman–Crippen LogP) is 30.6. The Bertz CT molecular complexity index is 7920. The van der Waals surface area contributed by atoms with Gasteiger partial charge in [-0.25, -0.2) is 44.9 Å². The van der Waals surface area contributed by atoms with Crippen molar-refractivity contribution < 1.29 is 0 Å². The minimum Gasteiger partial charge on any atom is -0.208 e. The Morgan fingerprint density at radius 1 is 0.124 bits per heavy atom. The number of fused-ring (bicyclic) bond motifs is 16. The zero-order chi connectivity index (χ0) is 91.4. The lowest BCUT2D eigenvalue weighted by Crippen LogP contribution is -2.28. The third-order valence-corrected chi connectivity index (χ3v) is 27.6. The molecule has 19 aromatic carbocycles. The van der Waals surface area contributed by atoms with E-state index in [0.717, 1.165) is 66.8 Å². The Morgan fingerprint density at radius 3 is 0.577 bits per heavy atom. The molecule has 0 amide bonds. The summed E-state index contributed by atoms with van der Waals surface area (Å²) in [7, 11) is 0. The highest BCUT2D eigenvalue weighted by Gasteiger charge is 2.52. The summed E-state index contributed by atoms with van der Waals surface area (Å²) in [4.78, 5) is 45.4. The summed E-state index contributed by atoms with van der Waals surface area (Å²) in [5.41, 5.74) is 37.6. The largest absolute Gasteiger partial charge is 0.208 e. The zero-order valence-corrected chi connectivity index (χ0v) is 75.3. The minimum atomic E-state index is -0.504. The van der Waals surface area contributed by atoms with Gasteiger partial charge in [0.1, 0.15) is 0 Å². The van der Waals surface area contributed by atoms with Crippen LogP contribution in [0.3, 0.4) is 0 Å². The zero-order valence-electron chi connectivity index (χ0n) is 75.3. The molecule has 0 bridgehead atoms. The van der Waals surface area contributed by atoms with Gasteiger partial charge in [0.15, 0.2) is 52.4 Å². The average molecular weight is 1750 g/mol. The molecule has 26 rings (SSSR count). The van der Waals surface area contributed by atoms with Crippen molar-refractivity contribution in [3.05, 3.63) is 547 Å². The van der Waals surface area contributed by atoms with Crippen LogP contribution in [0.1, 0.15) is 69.5 Å². The lowest BCUT2D eigenvalue weighted by atomic mass is 9.67. The van der Waals surface area contributed by atoms with Crippen LogP contribution in [0.25, 0.3) is 180 Å². The Labute approximate surface area is 796 Å². The molecule has 3 aromatic heterocycles. The van der Waals surface area contributed by atoms with E-state index >= 15 is 0 Å². The van der Waals surface area contributed by atoms with Gasteiger partial charge in [-0.05, 0) is 152 Å². The van der Waals surface area contributed by atoms with E-state index in [1.165, 1.54) is 117 Å². The third-order valence-electron chi connectivity index (χ3n) is 27.6. The second-order valence-corrected chi connectivity index (χ2v) is 35.7. The Kier molecular flexibility index (Phi) is 20.9. The molecule has 3 heterocycles. The van der Waals surface area contributed by atoms with E-state index in [1.807, 2.05) is 84.9 Å². The monoisotopic (exact) mass is 1750 g/mol. The van der Waals surface area contributed by atoms with Gasteiger partial charge in [-0.15, -0.1) is 0 Å². The molecule has 9 heteroatoms. The number of aromatic nitrogens is 9. The molecule has 4 aliphatic carbocycles. The molecule has 9 nitrogen and oxygen atoms in total. The molecule has 0 fully saturated rings. The van der Waals surface area contributed by atoms with Gasteiger partial charge in [0.05, 0.1) is 10.8 Å². The fourth-order valence-electron chi connectivity index (χ4n) is 21.0. The molecule has 4 aliphatic rings. The van der Waals surface area contributed by atoms with Crippen molar-refractivity contribution in [2.24, 2.45) is 0 Å². The van der Waals surface area contributed by atoms with Gasteiger partial charge in [0.2, 0.25) is 0 Å². The fourth-order valence-corrected chi connectivity index (χ4v) is 21.0. The summed E-state index contributed by atoms with van der Waals surface area (Å²) in [6.07, 6.45) is 0.